The minimum Gasteiger partial charge on any atom is -0.478 e. The third-order valence-corrected chi connectivity index (χ3v) is 7.20. The third kappa shape index (κ3) is 5.31. The van der Waals surface area contributed by atoms with E-state index in [4.69, 9.17) is 12.8 Å². The van der Waals surface area contributed by atoms with E-state index < -0.39 is 29.7 Å². The fraction of sp³-hybridized carbons (Fsp3) is 0.0286. The predicted molar refractivity (Wildman–Crippen MR) is 163 cm³/mol. The number of fused-ring (bicyclic) bond motifs is 1. The second-order valence-corrected chi connectivity index (χ2v) is 9.95. The van der Waals surface area contributed by atoms with Crippen molar-refractivity contribution in [1.29, 1.82) is 0 Å². The van der Waals surface area contributed by atoms with Gasteiger partial charge in [-0.05, 0) is 78.2 Å². The zero-order valence-corrected chi connectivity index (χ0v) is 23.4. The van der Waals surface area contributed by atoms with Gasteiger partial charge >= 0.3 is 11.9 Å². The fourth-order valence-corrected chi connectivity index (χ4v) is 5.00. The standard InChI is InChI=1S/C35H20N2O8/c1-4-20-11-24(34(42)43)15-26(13-20)36(18-38)31(39)28-8-6-22(10-19(28)3)23-7-9-29-30(17-23)33(41)37(32(29)40)27-14-21(5-2)12-25(16-27)35(44)45/h1-2,6-18H,3H3,(H,42,43)(H,44,45). The van der Waals surface area contributed by atoms with Crippen molar-refractivity contribution >= 4 is 47.4 Å². The minimum atomic E-state index is -1.28. The van der Waals surface area contributed by atoms with Crippen molar-refractivity contribution in [1.82, 2.24) is 0 Å². The molecular weight excluding hydrogens is 576 g/mol. The molecule has 0 fully saturated rings. The van der Waals surface area contributed by atoms with E-state index in [1.54, 1.807) is 25.1 Å². The smallest absolute Gasteiger partial charge is 0.335 e. The molecule has 0 radical (unpaired) electrons. The topological polar surface area (TPSA) is 149 Å². The number of anilines is 2. The summed E-state index contributed by atoms with van der Waals surface area (Å²) < 4.78 is 0. The van der Waals surface area contributed by atoms with Crippen LogP contribution in [0.4, 0.5) is 11.4 Å². The molecule has 0 bridgehead atoms. The Balaban J connectivity index is 1.47. The van der Waals surface area contributed by atoms with E-state index in [0.717, 1.165) is 15.9 Å². The molecule has 45 heavy (non-hydrogen) atoms. The van der Waals surface area contributed by atoms with Gasteiger partial charge in [0.15, 0.2) is 0 Å². The number of carboxylic acid groups (broad SMARTS) is 2. The Bertz CT molecular complexity index is 2100. The average molecular weight is 597 g/mol. The Morgan fingerprint density at radius 3 is 1.93 bits per heavy atom. The number of terminal acetylenes is 2. The quantitative estimate of drug-likeness (QED) is 0.178. The summed E-state index contributed by atoms with van der Waals surface area (Å²) in [6.45, 7) is 1.64. The number of imide groups is 2. The van der Waals surface area contributed by atoms with Crippen molar-refractivity contribution in [3.05, 3.63) is 117 Å². The first-order valence-electron chi connectivity index (χ1n) is 13.1. The summed E-state index contributed by atoms with van der Waals surface area (Å²) in [5.74, 6) is 0.0547. The molecule has 0 saturated heterocycles. The zero-order chi connectivity index (χ0) is 32.6. The lowest BCUT2D eigenvalue weighted by atomic mass is 9.96. The summed E-state index contributed by atoms with van der Waals surface area (Å²) in [6, 6.07) is 17.0. The maximum absolute atomic E-state index is 13.4. The Morgan fingerprint density at radius 1 is 0.756 bits per heavy atom. The molecule has 2 N–H and O–H groups in total. The van der Waals surface area contributed by atoms with E-state index in [1.165, 1.54) is 48.5 Å². The van der Waals surface area contributed by atoms with Gasteiger partial charge < -0.3 is 10.2 Å². The van der Waals surface area contributed by atoms with Crippen LogP contribution in [0.5, 0.6) is 0 Å². The van der Waals surface area contributed by atoms with E-state index in [1.807, 2.05) is 0 Å². The molecule has 1 aliphatic rings. The summed E-state index contributed by atoms with van der Waals surface area (Å²) >= 11 is 0. The van der Waals surface area contributed by atoms with Gasteiger partial charge in [0.05, 0.1) is 33.6 Å². The maximum Gasteiger partial charge on any atom is 0.335 e. The largest absolute Gasteiger partial charge is 0.478 e. The van der Waals surface area contributed by atoms with Gasteiger partial charge in [-0.1, -0.05) is 30.0 Å². The lowest BCUT2D eigenvalue weighted by molar-refractivity contribution is -0.107. The first-order chi connectivity index (χ1) is 21.5. The molecular formula is C35H20N2O8. The van der Waals surface area contributed by atoms with Crippen molar-refractivity contribution in [2.75, 3.05) is 9.80 Å². The second kappa shape index (κ2) is 11.5. The van der Waals surface area contributed by atoms with Crippen LogP contribution in [0, 0.1) is 31.6 Å². The molecule has 0 atom stereocenters. The molecule has 218 valence electrons. The van der Waals surface area contributed by atoms with Crippen LogP contribution in [0.25, 0.3) is 11.1 Å². The SMILES string of the molecule is C#Cc1cc(C(=O)O)cc(N(C=O)C(=O)c2ccc(-c3ccc4c(c3)C(=O)N(c3cc(C#C)cc(C(=O)O)c3)C4=O)cc2C)c1. The molecule has 0 spiro atoms. The lowest BCUT2D eigenvalue weighted by Crippen LogP contribution is -2.30. The number of aryl methyl sites for hydroxylation is 1. The Labute approximate surface area is 256 Å². The van der Waals surface area contributed by atoms with Crippen molar-refractivity contribution in [3.63, 3.8) is 0 Å². The number of amides is 4. The molecule has 4 aromatic rings. The van der Waals surface area contributed by atoms with Gasteiger partial charge in [0.2, 0.25) is 6.41 Å². The summed E-state index contributed by atoms with van der Waals surface area (Å²) in [5, 5.41) is 18.8. The zero-order valence-electron chi connectivity index (χ0n) is 23.4. The van der Waals surface area contributed by atoms with Crippen molar-refractivity contribution < 1.29 is 39.0 Å². The van der Waals surface area contributed by atoms with Gasteiger partial charge in [-0.25, -0.2) is 19.4 Å². The number of benzene rings is 4. The van der Waals surface area contributed by atoms with E-state index in [2.05, 4.69) is 11.8 Å². The number of nitrogens with zero attached hydrogens (tertiary/aromatic N) is 2. The van der Waals surface area contributed by atoms with Crippen LogP contribution < -0.4 is 9.80 Å². The third-order valence-electron chi connectivity index (χ3n) is 7.20. The maximum atomic E-state index is 13.4. The van der Waals surface area contributed by atoms with Crippen molar-refractivity contribution in [2.24, 2.45) is 0 Å². The van der Waals surface area contributed by atoms with Gasteiger partial charge in [0.1, 0.15) is 0 Å². The highest BCUT2D eigenvalue weighted by Gasteiger charge is 2.37. The normalized spacial score (nSPS) is 11.8. The number of hydrogen-bond donors (Lipinski definition) is 2. The van der Waals surface area contributed by atoms with Crippen LogP contribution in [0.2, 0.25) is 0 Å². The summed E-state index contributed by atoms with van der Waals surface area (Å²) in [6.07, 6.45) is 11.1. The number of carbonyl (C=O) groups excluding carboxylic acids is 4. The Kier molecular flexibility index (Phi) is 7.58. The van der Waals surface area contributed by atoms with E-state index in [-0.39, 0.29) is 56.7 Å². The van der Waals surface area contributed by atoms with Crippen LogP contribution in [0.3, 0.4) is 0 Å². The Hall–Kier alpha value is -6.78. The van der Waals surface area contributed by atoms with Gasteiger partial charge in [-0.15, -0.1) is 12.8 Å². The van der Waals surface area contributed by atoms with Gasteiger partial charge in [0, 0.05) is 16.7 Å². The molecule has 0 unspecified atom stereocenters. The number of rotatable bonds is 7. The summed E-state index contributed by atoms with van der Waals surface area (Å²) in [7, 11) is 0. The molecule has 1 aliphatic heterocycles. The highest BCUT2D eigenvalue weighted by molar-refractivity contribution is 6.34. The minimum absolute atomic E-state index is 0.0130. The van der Waals surface area contributed by atoms with Crippen molar-refractivity contribution in [3.8, 4) is 35.8 Å². The van der Waals surface area contributed by atoms with Gasteiger partial charge in [-0.3, -0.25) is 19.2 Å². The average Bonchev–Trinajstić information content (AvgIpc) is 3.29. The first-order valence-corrected chi connectivity index (χ1v) is 13.1. The Morgan fingerprint density at radius 2 is 1.33 bits per heavy atom. The van der Waals surface area contributed by atoms with E-state index >= 15 is 0 Å². The molecule has 0 saturated carbocycles. The summed E-state index contributed by atoms with van der Waals surface area (Å²) in [5.41, 5.74) is 1.96. The molecule has 5 rings (SSSR count). The van der Waals surface area contributed by atoms with Crippen LogP contribution >= 0.6 is 0 Å². The monoisotopic (exact) mass is 596 g/mol. The number of hydrogen-bond acceptors (Lipinski definition) is 6. The highest BCUT2D eigenvalue weighted by atomic mass is 16.4. The predicted octanol–water partition coefficient (Wildman–Crippen LogP) is 4.62. The first kappa shape index (κ1) is 29.7. The number of carbonyl (C=O) groups is 6. The number of aromatic carboxylic acids is 2. The molecule has 4 aromatic carbocycles. The fourth-order valence-electron chi connectivity index (χ4n) is 5.00. The van der Waals surface area contributed by atoms with E-state index in [9.17, 15) is 39.0 Å². The summed E-state index contributed by atoms with van der Waals surface area (Å²) in [4.78, 5) is 76.7. The molecule has 1 heterocycles. The van der Waals surface area contributed by atoms with Crippen LogP contribution in [0.15, 0.2) is 72.8 Å². The molecule has 10 heteroatoms. The van der Waals surface area contributed by atoms with Crippen molar-refractivity contribution in [2.45, 2.75) is 6.92 Å². The van der Waals surface area contributed by atoms with Gasteiger partial charge in [0.25, 0.3) is 17.7 Å². The van der Waals surface area contributed by atoms with E-state index in [0.29, 0.717) is 16.7 Å². The molecule has 10 nitrogen and oxygen atoms in total. The van der Waals surface area contributed by atoms with Crippen LogP contribution in [0.1, 0.15) is 68.5 Å². The van der Waals surface area contributed by atoms with Crippen LogP contribution in [-0.4, -0.2) is 46.3 Å². The molecule has 0 aromatic heterocycles. The highest BCUT2D eigenvalue weighted by Crippen LogP contribution is 2.33. The van der Waals surface area contributed by atoms with Gasteiger partial charge in [-0.2, -0.15) is 0 Å². The molecule has 4 amide bonds. The van der Waals surface area contributed by atoms with Crippen LogP contribution in [-0.2, 0) is 4.79 Å². The lowest BCUT2D eigenvalue weighted by Gasteiger charge is -2.18. The molecule has 0 aliphatic carbocycles. The second-order valence-electron chi connectivity index (χ2n) is 9.95. The number of carboxylic acids is 2.